The molecule has 0 aliphatic carbocycles. The lowest BCUT2D eigenvalue weighted by atomic mass is 10.2. The van der Waals surface area contributed by atoms with Crippen molar-refractivity contribution >= 4 is 5.91 Å². The summed E-state index contributed by atoms with van der Waals surface area (Å²) in [5.41, 5.74) is 0.954. The molecule has 5 nitrogen and oxygen atoms in total. The summed E-state index contributed by atoms with van der Waals surface area (Å²) in [6, 6.07) is 4.34. The third kappa shape index (κ3) is 6.52. The van der Waals surface area contributed by atoms with E-state index >= 15 is 0 Å². The van der Waals surface area contributed by atoms with E-state index in [0.717, 1.165) is 18.7 Å². The van der Waals surface area contributed by atoms with Crippen LogP contribution in [0.25, 0.3) is 0 Å². The summed E-state index contributed by atoms with van der Waals surface area (Å²) in [6.07, 6.45) is 2.55. The van der Waals surface area contributed by atoms with Crippen LogP contribution in [0, 0.1) is 0 Å². The summed E-state index contributed by atoms with van der Waals surface area (Å²) >= 11 is 0. The molecule has 1 unspecified atom stereocenters. The predicted molar refractivity (Wildman–Crippen MR) is 79.6 cm³/mol. The minimum Gasteiger partial charge on any atom is -0.482 e. The Balaban J connectivity index is 2.36. The molecule has 5 heteroatoms. The maximum Gasteiger partial charge on any atom is 0.258 e. The van der Waals surface area contributed by atoms with Crippen LogP contribution in [0.1, 0.15) is 39.8 Å². The lowest BCUT2D eigenvalue weighted by Gasteiger charge is -2.12. The highest BCUT2D eigenvalue weighted by Gasteiger charge is 2.06. The van der Waals surface area contributed by atoms with Crippen LogP contribution in [0.4, 0.5) is 0 Å². The Morgan fingerprint density at radius 3 is 2.65 bits per heavy atom. The molecular weight excluding hydrogens is 254 g/mol. The standard InChI is InChI=1S/C15H25N3O2/c1-5-12(4)18-15(19)10-20-14-7-6-13(17-9-14)8-16-11(2)3/h6-7,9,11-12,16H,5,8,10H2,1-4H3,(H,18,19). The van der Waals surface area contributed by atoms with E-state index in [1.54, 1.807) is 6.20 Å². The zero-order chi connectivity index (χ0) is 15.0. The molecule has 20 heavy (non-hydrogen) atoms. The number of amides is 1. The molecular formula is C15H25N3O2. The van der Waals surface area contributed by atoms with Crippen LogP contribution in [0.5, 0.6) is 5.75 Å². The maximum absolute atomic E-state index is 11.6. The van der Waals surface area contributed by atoms with Crippen molar-refractivity contribution in [3.05, 3.63) is 24.0 Å². The molecule has 0 fully saturated rings. The van der Waals surface area contributed by atoms with Crippen molar-refractivity contribution in [1.82, 2.24) is 15.6 Å². The summed E-state index contributed by atoms with van der Waals surface area (Å²) in [4.78, 5) is 15.9. The van der Waals surface area contributed by atoms with Crippen molar-refractivity contribution in [2.45, 2.75) is 52.7 Å². The highest BCUT2D eigenvalue weighted by atomic mass is 16.5. The molecule has 0 spiro atoms. The number of pyridine rings is 1. The molecule has 1 amide bonds. The smallest absolute Gasteiger partial charge is 0.258 e. The Labute approximate surface area is 121 Å². The molecule has 0 aromatic carbocycles. The fraction of sp³-hybridized carbons (Fsp3) is 0.600. The van der Waals surface area contributed by atoms with Crippen LogP contribution < -0.4 is 15.4 Å². The summed E-state index contributed by atoms with van der Waals surface area (Å²) in [6.45, 7) is 8.93. The Morgan fingerprint density at radius 2 is 2.10 bits per heavy atom. The Morgan fingerprint density at radius 1 is 1.35 bits per heavy atom. The fourth-order valence-electron chi connectivity index (χ4n) is 1.48. The van der Waals surface area contributed by atoms with Gasteiger partial charge in [0.15, 0.2) is 6.61 Å². The van der Waals surface area contributed by atoms with Crippen LogP contribution in [-0.4, -0.2) is 29.6 Å². The van der Waals surface area contributed by atoms with E-state index in [1.807, 2.05) is 26.0 Å². The molecule has 1 aromatic rings. The first kappa shape index (κ1) is 16.4. The van der Waals surface area contributed by atoms with Gasteiger partial charge in [-0.3, -0.25) is 9.78 Å². The fourth-order valence-corrected chi connectivity index (χ4v) is 1.48. The molecule has 0 bridgehead atoms. The van der Waals surface area contributed by atoms with Gasteiger partial charge in [-0.25, -0.2) is 0 Å². The summed E-state index contributed by atoms with van der Waals surface area (Å²) in [7, 11) is 0. The van der Waals surface area contributed by atoms with Gasteiger partial charge in [0.25, 0.3) is 5.91 Å². The van der Waals surface area contributed by atoms with Gasteiger partial charge in [0.1, 0.15) is 5.75 Å². The Bertz CT molecular complexity index is 404. The SMILES string of the molecule is CCC(C)NC(=O)COc1ccc(CNC(C)C)nc1. The first-order chi connectivity index (χ1) is 9.51. The lowest BCUT2D eigenvalue weighted by molar-refractivity contribution is -0.123. The third-order valence-corrected chi connectivity index (χ3v) is 2.88. The van der Waals surface area contributed by atoms with E-state index in [4.69, 9.17) is 4.74 Å². The molecule has 0 saturated carbocycles. The molecule has 0 aliphatic rings. The molecule has 1 aromatic heterocycles. The maximum atomic E-state index is 11.6. The third-order valence-electron chi connectivity index (χ3n) is 2.88. The molecule has 112 valence electrons. The van der Waals surface area contributed by atoms with Gasteiger partial charge in [-0.05, 0) is 25.5 Å². The number of aromatic nitrogens is 1. The van der Waals surface area contributed by atoms with E-state index in [-0.39, 0.29) is 18.6 Å². The van der Waals surface area contributed by atoms with Crippen LogP contribution in [0.2, 0.25) is 0 Å². The van der Waals surface area contributed by atoms with Gasteiger partial charge >= 0.3 is 0 Å². The number of hydrogen-bond donors (Lipinski definition) is 2. The van der Waals surface area contributed by atoms with Crippen molar-refractivity contribution in [2.24, 2.45) is 0 Å². The quantitative estimate of drug-likeness (QED) is 0.762. The molecule has 0 radical (unpaired) electrons. The summed E-state index contributed by atoms with van der Waals surface area (Å²) in [5, 5.41) is 6.14. The zero-order valence-corrected chi connectivity index (χ0v) is 12.8. The number of nitrogens with one attached hydrogen (secondary N) is 2. The van der Waals surface area contributed by atoms with E-state index in [2.05, 4.69) is 29.5 Å². The molecule has 1 rings (SSSR count). The first-order valence-electron chi connectivity index (χ1n) is 7.11. The van der Waals surface area contributed by atoms with Crippen LogP contribution in [-0.2, 0) is 11.3 Å². The molecule has 0 aliphatic heterocycles. The van der Waals surface area contributed by atoms with Gasteiger partial charge in [0, 0.05) is 18.6 Å². The number of nitrogens with zero attached hydrogens (tertiary/aromatic N) is 1. The van der Waals surface area contributed by atoms with Gasteiger partial charge in [-0.2, -0.15) is 0 Å². The minimum absolute atomic E-state index is 0.0234. The average molecular weight is 279 g/mol. The minimum atomic E-state index is -0.107. The second kappa shape index (κ2) is 8.53. The highest BCUT2D eigenvalue weighted by molar-refractivity contribution is 5.77. The van der Waals surface area contributed by atoms with Crippen molar-refractivity contribution in [3.8, 4) is 5.75 Å². The molecule has 0 saturated heterocycles. The number of hydrogen-bond acceptors (Lipinski definition) is 4. The Kier molecular flexibility index (Phi) is 7.01. The van der Waals surface area contributed by atoms with E-state index in [0.29, 0.717) is 11.8 Å². The number of rotatable bonds is 8. The summed E-state index contributed by atoms with van der Waals surface area (Å²) in [5.74, 6) is 0.502. The molecule has 1 atom stereocenters. The lowest BCUT2D eigenvalue weighted by Crippen LogP contribution is -2.35. The number of ether oxygens (including phenoxy) is 1. The molecule has 1 heterocycles. The van der Waals surface area contributed by atoms with Crippen molar-refractivity contribution in [1.29, 1.82) is 0 Å². The second-order valence-electron chi connectivity index (χ2n) is 5.19. The van der Waals surface area contributed by atoms with E-state index in [9.17, 15) is 4.79 Å². The normalized spacial score (nSPS) is 12.2. The second-order valence-corrected chi connectivity index (χ2v) is 5.19. The number of carbonyl (C=O) groups is 1. The van der Waals surface area contributed by atoms with Gasteiger partial charge < -0.3 is 15.4 Å². The zero-order valence-electron chi connectivity index (χ0n) is 12.8. The Hall–Kier alpha value is -1.62. The number of carbonyl (C=O) groups excluding carboxylic acids is 1. The van der Waals surface area contributed by atoms with Crippen LogP contribution >= 0.6 is 0 Å². The van der Waals surface area contributed by atoms with Crippen LogP contribution in [0.3, 0.4) is 0 Å². The first-order valence-corrected chi connectivity index (χ1v) is 7.11. The average Bonchev–Trinajstić information content (AvgIpc) is 2.43. The van der Waals surface area contributed by atoms with Crippen molar-refractivity contribution in [3.63, 3.8) is 0 Å². The monoisotopic (exact) mass is 279 g/mol. The van der Waals surface area contributed by atoms with Gasteiger partial charge in [-0.1, -0.05) is 20.8 Å². The van der Waals surface area contributed by atoms with Gasteiger partial charge in [0.05, 0.1) is 11.9 Å². The van der Waals surface area contributed by atoms with Crippen LogP contribution in [0.15, 0.2) is 18.3 Å². The largest absolute Gasteiger partial charge is 0.482 e. The van der Waals surface area contributed by atoms with Crippen molar-refractivity contribution < 1.29 is 9.53 Å². The van der Waals surface area contributed by atoms with E-state index in [1.165, 1.54) is 0 Å². The molecule has 2 N–H and O–H groups in total. The van der Waals surface area contributed by atoms with Gasteiger partial charge in [-0.15, -0.1) is 0 Å². The van der Waals surface area contributed by atoms with Gasteiger partial charge in [0.2, 0.25) is 0 Å². The van der Waals surface area contributed by atoms with E-state index < -0.39 is 0 Å². The summed E-state index contributed by atoms with van der Waals surface area (Å²) < 4.78 is 5.40. The predicted octanol–water partition coefficient (Wildman–Crippen LogP) is 1.87. The van der Waals surface area contributed by atoms with Crippen molar-refractivity contribution in [2.75, 3.05) is 6.61 Å². The highest BCUT2D eigenvalue weighted by Crippen LogP contribution is 2.09. The topological polar surface area (TPSA) is 63.2 Å².